The molecule has 0 spiro atoms. The quantitative estimate of drug-likeness (QED) is 0.741. The van der Waals surface area contributed by atoms with E-state index in [-0.39, 0.29) is 17.7 Å². The number of aromatic nitrogens is 2. The highest BCUT2D eigenvalue weighted by molar-refractivity contribution is 6.42. The van der Waals surface area contributed by atoms with Crippen molar-refractivity contribution in [2.24, 2.45) is 5.92 Å². The van der Waals surface area contributed by atoms with Gasteiger partial charge in [-0.1, -0.05) is 29.3 Å². The maximum atomic E-state index is 12.9. The monoisotopic (exact) mass is 434 g/mol. The minimum Gasteiger partial charge on any atom is -0.378 e. The van der Waals surface area contributed by atoms with Gasteiger partial charge in [0, 0.05) is 31.7 Å². The van der Waals surface area contributed by atoms with Crippen molar-refractivity contribution in [1.29, 1.82) is 0 Å². The normalized spacial score (nSPS) is 19.4. The first-order valence-corrected chi connectivity index (χ1v) is 10.2. The molecule has 9 heteroatoms. The van der Waals surface area contributed by atoms with E-state index < -0.39 is 0 Å². The molecule has 2 saturated heterocycles. The highest BCUT2D eigenvalue weighted by Gasteiger charge is 2.34. The Balaban J connectivity index is 1.46. The van der Waals surface area contributed by atoms with Crippen molar-refractivity contribution in [2.45, 2.75) is 6.42 Å². The second kappa shape index (κ2) is 8.65. The number of morpholine rings is 1. The van der Waals surface area contributed by atoms with Gasteiger partial charge in [-0.25, -0.2) is 9.97 Å². The molecule has 1 unspecified atom stereocenters. The van der Waals surface area contributed by atoms with Crippen molar-refractivity contribution < 1.29 is 14.3 Å². The minimum atomic E-state index is -0.203. The molecule has 0 saturated carbocycles. The molecule has 2 aliphatic heterocycles. The van der Waals surface area contributed by atoms with Gasteiger partial charge in [-0.05, 0) is 24.6 Å². The summed E-state index contributed by atoms with van der Waals surface area (Å²) in [5.74, 6) is -0.276. The fourth-order valence-electron chi connectivity index (χ4n) is 3.64. The lowest BCUT2D eigenvalue weighted by Crippen LogP contribution is -2.44. The van der Waals surface area contributed by atoms with Crippen molar-refractivity contribution in [2.75, 3.05) is 39.4 Å². The molecule has 2 amide bonds. The van der Waals surface area contributed by atoms with Crippen LogP contribution in [0.2, 0.25) is 10.0 Å². The molecule has 29 heavy (non-hydrogen) atoms. The van der Waals surface area contributed by atoms with Crippen LogP contribution in [0.1, 0.15) is 16.9 Å². The highest BCUT2D eigenvalue weighted by atomic mass is 35.5. The van der Waals surface area contributed by atoms with Crippen LogP contribution in [0.4, 0.5) is 0 Å². The lowest BCUT2D eigenvalue weighted by atomic mass is 10.1. The molecule has 4 rings (SSSR count). The molecule has 2 aromatic rings. The number of hydrogen-bond donors (Lipinski definition) is 0. The molecule has 0 bridgehead atoms. The number of carbonyl (C=O) groups is 2. The second-order valence-corrected chi connectivity index (χ2v) is 7.91. The van der Waals surface area contributed by atoms with Crippen LogP contribution >= 0.6 is 23.2 Å². The van der Waals surface area contributed by atoms with Crippen LogP contribution in [0.5, 0.6) is 0 Å². The summed E-state index contributed by atoms with van der Waals surface area (Å²) >= 11 is 12.1. The average Bonchev–Trinajstić information content (AvgIpc) is 3.25. The number of rotatable bonds is 3. The van der Waals surface area contributed by atoms with E-state index in [0.29, 0.717) is 67.2 Å². The third kappa shape index (κ3) is 4.37. The predicted octanol–water partition coefficient (Wildman–Crippen LogP) is 2.77. The zero-order valence-electron chi connectivity index (χ0n) is 15.7. The number of halogens is 2. The van der Waals surface area contributed by atoms with Crippen LogP contribution in [0, 0.1) is 5.92 Å². The third-order valence-corrected chi connectivity index (χ3v) is 5.99. The molecule has 7 nitrogen and oxygen atoms in total. The molecule has 0 radical (unpaired) electrons. The maximum absolute atomic E-state index is 12.9. The van der Waals surface area contributed by atoms with Crippen LogP contribution < -0.4 is 0 Å². The Kier molecular flexibility index (Phi) is 5.99. The largest absolute Gasteiger partial charge is 0.378 e. The van der Waals surface area contributed by atoms with E-state index in [1.807, 2.05) is 4.90 Å². The second-order valence-electron chi connectivity index (χ2n) is 7.09. The third-order valence-electron chi connectivity index (χ3n) is 5.25. The molecular formula is C20H20Cl2N4O3. The fraction of sp³-hybridized carbons (Fsp3) is 0.400. The molecular weight excluding hydrogens is 415 g/mol. The molecule has 1 aromatic carbocycles. The molecule has 3 heterocycles. The number of hydrogen-bond acceptors (Lipinski definition) is 5. The Hall–Kier alpha value is -2.22. The van der Waals surface area contributed by atoms with E-state index in [2.05, 4.69) is 9.97 Å². The first-order valence-electron chi connectivity index (χ1n) is 9.46. The predicted molar refractivity (Wildman–Crippen MR) is 109 cm³/mol. The summed E-state index contributed by atoms with van der Waals surface area (Å²) in [5.41, 5.74) is 1.63. The summed E-state index contributed by atoms with van der Waals surface area (Å²) in [7, 11) is 0. The zero-order valence-corrected chi connectivity index (χ0v) is 17.2. The zero-order chi connectivity index (χ0) is 20.4. The highest BCUT2D eigenvalue weighted by Crippen LogP contribution is 2.28. The number of carbonyl (C=O) groups excluding carboxylic acids is 2. The molecule has 2 fully saturated rings. The van der Waals surface area contributed by atoms with Crippen molar-refractivity contribution in [1.82, 2.24) is 19.8 Å². The molecule has 152 valence electrons. The van der Waals surface area contributed by atoms with Crippen LogP contribution in [-0.4, -0.2) is 71.0 Å². The smallest absolute Gasteiger partial charge is 0.272 e. The van der Waals surface area contributed by atoms with Crippen molar-refractivity contribution in [3.05, 3.63) is 46.3 Å². The number of likely N-dealkylation sites (tertiary alicyclic amines) is 1. The van der Waals surface area contributed by atoms with Crippen molar-refractivity contribution in [3.63, 3.8) is 0 Å². The summed E-state index contributed by atoms with van der Waals surface area (Å²) in [6, 6.07) is 6.81. The summed E-state index contributed by atoms with van der Waals surface area (Å²) in [6.45, 7) is 3.30. The molecule has 1 atom stereocenters. The average molecular weight is 435 g/mol. The van der Waals surface area contributed by atoms with Gasteiger partial charge < -0.3 is 14.5 Å². The van der Waals surface area contributed by atoms with Crippen LogP contribution in [0.3, 0.4) is 0 Å². The molecule has 1 aromatic heterocycles. The van der Waals surface area contributed by atoms with Crippen LogP contribution in [-0.2, 0) is 9.53 Å². The lowest BCUT2D eigenvalue weighted by molar-refractivity contribution is -0.139. The van der Waals surface area contributed by atoms with Crippen LogP contribution in [0.15, 0.2) is 30.6 Å². The van der Waals surface area contributed by atoms with Crippen molar-refractivity contribution >= 4 is 35.0 Å². The molecule has 2 aliphatic rings. The number of nitrogens with zero attached hydrogens (tertiary/aromatic N) is 4. The van der Waals surface area contributed by atoms with Gasteiger partial charge in [-0.15, -0.1) is 0 Å². The van der Waals surface area contributed by atoms with E-state index in [0.717, 1.165) is 5.56 Å². The van der Waals surface area contributed by atoms with Gasteiger partial charge in [0.25, 0.3) is 5.91 Å². The first-order chi connectivity index (χ1) is 14.0. The summed E-state index contributed by atoms with van der Waals surface area (Å²) in [5, 5.41) is 0.869. The Labute approximate surface area is 178 Å². The summed E-state index contributed by atoms with van der Waals surface area (Å²) in [6.07, 6.45) is 2.02. The van der Waals surface area contributed by atoms with Gasteiger partial charge in [0.2, 0.25) is 5.91 Å². The van der Waals surface area contributed by atoms with Gasteiger partial charge >= 0.3 is 0 Å². The topological polar surface area (TPSA) is 75.6 Å². The van der Waals surface area contributed by atoms with E-state index in [1.165, 1.54) is 6.33 Å². The molecule has 0 aliphatic carbocycles. The van der Waals surface area contributed by atoms with E-state index in [9.17, 15) is 9.59 Å². The summed E-state index contributed by atoms with van der Waals surface area (Å²) < 4.78 is 5.30. The summed E-state index contributed by atoms with van der Waals surface area (Å²) in [4.78, 5) is 37.5. The van der Waals surface area contributed by atoms with E-state index in [4.69, 9.17) is 27.9 Å². The Bertz CT molecular complexity index is 934. The van der Waals surface area contributed by atoms with Gasteiger partial charge in [0.15, 0.2) is 0 Å². The standard InChI is InChI=1S/C20H20Cl2N4O3/c21-15-2-1-13(9-16(15)22)17-10-18(24-12-23-17)20(28)26-4-3-14(11-26)19(27)25-5-7-29-8-6-25/h1-2,9-10,12,14H,3-8,11H2. The van der Waals surface area contributed by atoms with Crippen LogP contribution in [0.25, 0.3) is 11.3 Å². The Morgan fingerprint density at radius 1 is 1.00 bits per heavy atom. The molecule has 0 N–H and O–H groups in total. The van der Waals surface area contributed by atoms with Gasteiger partial charge in [0.1, 0.15) is 12.0 Å². The Morgan fingerprint density at radius 2 is 1.79 bits per heavy atom. The number of amides is 2. The maximum Gasteiger partial charge on any atom is 0.272 e. The van der Waals surface area contributed by atoms with Gasteiger partial charge in [-0.3, -0.25) is 9.59 Å². The first kappa shape index (κ1) is 20.1. The van der Waals surface area contributed by atoms with Crippen molar-refractivity contribution in [3.8, 4) is 11.3 Å². The van der Waals surface area contributed by atoms with E-state index >= 15 is 0 Å². The Morgan fingerprint density at radius 3 is 2.55 bits per heavy atom. The SMILES string of the molecule is O=C(c1cc(-c2ccc(Cl)c(Cl)c2)ncn1)N1CCC(C(=O)N2CCOCC2)C1. The van der Waals surface area contributed by atoms with E-state index in [1.54, 1.807) is 29.2 Å². The minimum absolute atomic E-state index is 0.0998. The lowest BCUT2D eigenvalue weighted by Gasteiger charge is -2.29. The van der Waals surface area contributed by atoms with Gasteiger partial charge in [0.05, 0.1) is 34.9 Å². The number of ether oxygens (including phenoxy) is 1. The number of benzene rings is 1. The van der Waals surface area contributed by atoms with Gasteiger partial charge in [-0.2, -0.15) is 0 Å². The fourth-order valence-corrected chi connectivity index (χ4v) is 3.94.